The van der Waals surface area contributed by atoms with Gasteiger partial charge in [0.2, 0.25) is 0 Å². The van der Waals surface area contributed by atoms with E-state index in [0.717, 1.165) is 0 Å². The van der Waals surface area contributed by atoms with Crippen LogP contribution < -0.4 is 20.5 Å². The molecular formula is C14H22N2O4. The lowest BCUT2D eigenvalue weighted by atomic mass is 10.1. The minimum absolute atomic E-state index is 0.102. The van der Waals surface area contributed by atoms with Gasteiger partial charge in [0, 0.05) is 24.4 Å². The third-order valence-electron chi connectivity index (χ3n) is 2.75. The highest BCUT2D eigenvalue weighted by Crippen LogP contribution is 2.31. The summed E-state index contributed by atoms with van der Waals surface area (Å²) in [5, 5.41) is 2.82. The number of rotatable bonds is 7. The van der Waals surface area contributed by atoms with Crippen molar-refractivity contribution in [1.29, 1.82) is 0 Å². The quantitative estimate of drug-likeness (QED) is 0.739. The Morgan fingerprint density at radius 2 is 1.90 bits per heavy atom. The van der Waals surface area contributed by atoms with Crippen molar-refractivity contribution < 1.29 is 19.0 Å². The zero-order valence-electron chi connectivity index (χ0n) is 12.4. The summed E-state index contributed by atoms with van der Waals surface area (Å²) in [5.74, 6) is 0.684. The number of nitrogens with one attached hydrogen (secondary N) is 1. The molecule has 1 amide bonds. The summed E-state index contributed by atoms with van der Waals surface area (Å²) in [6.07, 6.45) is 0. The second kappa shape index (κ2) is 7.59. The number of nitrogen functional groups attached to an aromatic ring is 1. The summed E-state index contributed by atoms with van der Waals surface area (Å²) in [6.45, 7) is 4.83. The zero-order chi connectivity index (χ0) is 15.1. The molecule has 0 heterocycles. The number of methoxy groups -OCH3 is 2. The molecule has 3 N–H and O–H groups in total. The van der Waals surface area contributed by atoms with E-state index in [2.05, 4.69) is 5.32 Å². The fourth-order valence-corrected chi connectivity index (χ4v) is 1.73. The van der Waals surface area contributed by atoms with Crippen LogP contribution >= 0.6 is 0 Å². The number of hydrogen-bond donors (Lipinski definition) is 2. The molecule has 6 nitrogen and oxygen atoms in total. The van der Waals surface area contributed by atoms with Gasteiger partial charge in [-0.05, 0) is 19.9 Å². The van der Waals surface area contributed by atoms with Crippen LogP contribution in [0.1, 0.15) is 24.2 Å². The summed E-state index contributed by atoms with van der Waals surface area (Å²) in [6, 6.07) is 3.03. The Labute approximate surface area is 119 Å². The first-order valence-electron chi connectivity index (χ1n) is 6.43. The first-order chi connectivity index (χ1) is 9.53. The van der Waals surface area contributed by atoms with Gasteiger partial charge >= 0.3 is 0 Å². The number of carbonyl (C=O) groups is 1. The van der Waals surface area contributed by atoms with Crippen molar-refractivity contribution in [2.75, 3.05) is 33.2 Å². The Morgan fingerprint density at radius 3 is 2.45 bits per heavy atom. The van der Waals surface area contributed by atoms with E-state index in [-0.39, 0.29) is 11.9 Å². The molecule has 6 heteroatoms. The van der Waals surface area contributed by atoms with Gasteiger partial charge in [0.25, 0.3) is 5.91 Å². The fraction of sp³-hybridized carbons (Fsp3) is 0.500. The number of nitrogens with two attached hydrogens (primary N) is 1. The number of carbonyl (C=O) groups excluding carboxylic acids is 1. The molecule has 1 aromatic carbocycles. The lowest BCUT2D eigenvalue weighted by molar-refractivity contribution is 0.0872. The van der Waals surface area contributed by atoms with E-state index >= 15 is 0 Å². The SMILES string of the molecule is CCOCC(C)NC(=O)c1cc(OC)c(OC)cc1N. The summed E-state index contributed by atoms with van der Waals surface area (Å²) in [5.41, 5.74) is 6.56. The van der Waals surface area contributed by atoms with E-state index in [1.807, 2.05) is 13.8 Å². The van der Waals surface area contributed by atoms with Gasteiger partial charge < -0.3 is 25.3 Å². The van der Waals surface area contributed by atoms with E-state index in [9.17, 15) is 4.79 Å². The third kappa shape index (κ3) is 4.03. The summed E-state index contributed by atoms with van der Waals surface area (Å²) in [7, 11) is 3.02. The Hall–Kier alpha value is -1.95. The van der Waals surface area contributed by atoms with E-state index in [1.54, 1.807) is 12.1 Å². The lowest BCUT2D eigenvalue weighted by Gasteiger charge is -2.16. The van der Waals surface area contributed by atoms with Crippen molar-refractivity contribution in [3.63, 3.8) is 0 Å². The van der Waals surface area contributed by atoms with Gasteiger partial charge in [0.05, 0.1) is 26.4 Å². The monoisotopic (exact) mass is 282 g/mol. The van der Waals surface area contributed by atoms with Crippen molar-refractivity contribution in [3.05, 3.63) is 17.7 Å². The summed E-state index contributed by atoms with van der Waals surface area (Å²) >= 11 is 0. The van der Waals surface area contributed by atoms with Crippen LogP contribution in [0.4, 0.5) is 5.69 Å². The molecule has 1 aromatic rings. The predicted octanol–water partition coefficient (Wildman–Crippen LogP) is 1.44. The standard InChI is InChI=1S/C14H22N2O4/c1-5-20-8-9(2)16-14(17)10-6-12(18-3)13(19-4)7-11(10)15/h6-7,9H,5,8,15H2,1-4H3,(H,16,17). The van der Waals surface area contributed by atoms with Crippen LogP contribution in [-0.4, -0.2) is 39.4 Å². The van der Waals surface area contributed by atoms with Crippen molar-refractivity contribution in [2.45, 2.75) is 19.9 Å². The Kier molecular flexibility index (Phi) is 6.11. The van der Waals surface area contributed by atoms with Gasteiger partial charge in [-0.3, -0.25) is 4.79 Å². The maximum atomic E-state index is 12.2. The van der Waals surface area contributed by atoms with Crippen molar-refractivity contribution in [3.8, 4) is 11.5 Å². The first-order valence-corrected chi connectivity index (χ1v) is 6.43. The van der Waals surface area contributed by atoms with Gasteiger partial charge in [-0.1, -0.05) is 0 Å². The van der Waals surface area contributed by atoms with E-state index < -0.39 is 0 Å². The smallest absolute Gasteiger partial charge is 0.253 e. The Balaban J connectivity index is 2.87. The normalized spacial score (nSPS) is 11.8. The van der Waals surface area contributed by atoms with Crippen LogP contribution in [0, 0.1) is 0 Å². The first kappa shape index (κ1) is 16.1. The molecule has 0 aliphatic carbocycles. The second-order valence-electron chi connectivity index (χ2n) is 4.33. The Morgan fingerprint density at radius 1 is 1.30 bits per heavy atom. The van der Waals surface area contributed by atoms with Gasteiger partial charge in [0.1, 0.15) is 0 Å². The van der Waals surface area contributed by atoms with Crippen molar-refractivity contribution in [1.82, 2.24) is 5.32 Å². The summed E-state index contributed by atoms with van der Waals surface area (Å²) < 4.78 is 15.5. The van der Waals surface area contributed by atoms with E-state index in [1.165, 1.54) is 14.2 Å². The molecule has 0 saturated carbocycles. The molecule has 0 bridgehead atoms. The van der Waals surface area contributed by atoms with E-state index in [0.29, 0.717) is 36.0 Å². The Bertz CT molecular complexity index is 463. The average Bonchev–Trinajstić information content (AvgIpc) is 2.44. The van der Waals surface area contributed by atoms with Crippen LogP contribution in [0.5, 0.6) is 11.5 Å². The highest BCUT2D eigenvalue weighted by Gasteiger charge is 2.16. The van der Waals surface area contributed by atoms with Crippen LogP contribution in [-0.2, 0) is 4.74 Å². The van der Waals surface area contributed by atoms with Crippen molar-refractivity contribution >= 4 is 11.6 Å². The van der Waals surface area contributed by atoms with Gasteiger partial charge in [-0.2, -0.15) is 0 Å². The molecule has 0 saturated heterocycles. The maximum absolute atomic E-state index is 12.2. The molecule has 0 radical (unpaired) electrons. The molecule has 20 heavy (non-hydrogen) atoms. The third-order valence-corrected chi connectivity index (χ3v) is 2.75. The summed E-state index contributed by atoms with van der Waals surface area (Å²) in [4.78, 5) is 12.2. The van der Waals surface area contributed by atoms with Crippen molar-refractivity contribution in [2.24, 2.45) is 0 Å². The van der Waals surface area contributed by atoms with Crippen LogP contribution in [0.2, 0.25) is 0 Å². The predicted molar refractivity (Wildman–Crippen MR) is 77.4 cm³/mol. The molecule has 0 fully saturated rings. The van der Waals surface area contributed by atoms with E-state index in [4.69, 9.17) is 19.9 Å². The molecule has 0 aromatic heterocycles. The van der Waals surface area contributed by atoms with Gasteiger partial charge in [-0.25, -0.2) is 0 Å². The number of benzene rings is 1. The number of amides is 1. The molecule has 1 atom stereocenters. The molecule has 0 aliphatic heterocycles. The topological polar surface area (TPSA) is 82.8 Å². The molecule has 0 spiro atoms. The second-order valence-corrected chi connectivity index (χ2v) is 4.33. The molecule has 0 aliphatic rings. The molecule has 1 unspecified atom stereocenters. The van der Waals surface area contributed by atoms with Gasteiger partial charge in [0.15, 0.2) is 11.5 Å². The highest BCUT2D eigenvalue weighted by atomic mass is 16.5. The molecule has 1 rings (SSSR count). The zero-order valence-corrected chi connectivity index (χ0v) is 12.4. The molecular weight excluding hydrogens is 260 g/mol. The minimum Gasteiger partial charge on any atom is -0.493 e. The molecule has 112 valence electrons. The van der Waals surface area contributed by atoms with Crippen LogP contribution in [0.25, 0.3) is 0 Å². The lowest BCUT2D eigenvalue weighted by Crippen LogP contribution is -2.36. The highest BCUT2D eigenvalue weighted by molar-refractivity contribution is 6.00. The van der Waals surface area contributed by atoms with Crippen LogP contribution in [0.15, 0.2) is 12.1 Å². The minimum atomic E-state index is -0.268. The number of hydrogen-bond acceptors (Lipinski definition) is 5. The largest absolute Gasteiger partial charge is 0.493 e. The average molecular weight is 282 g/mol. The number of anilines is 1. The maximum Gasteiger partial charge on any atom is 0.253 e. The number of ether oxygens (including phenoxy) is 3. The van der Waals surface area contributed by atoms with Crippen LogP contribution in [0.3, 0.4) is 0 Å². The van der Waals surface area contributed by atoms with Gasteiger partial charge in [-0.15, -0.1) is 0 Å². The fourth-order valence-electron chi connectivity index (χ4n) is 1.73.